The van der Waals surface area contributed by atoms with Crippen molar-refractivity contribution in [3.05, 3.63) is 48.0 Å². The minimum Gasteiger partial charge on any atom is -0.341 e. The number of nitrogens with one attached hydrogen (secondary N) is 1. The van der Waals surface area contributed by atoms with Crippen molar-refractivity contribution in [2.45, 2.75) is 40.4 Å². The summed E-state index contributed by atoms with van der Waals surface area (Å²) in [6.45, 7) is 10.3. The fourth-order valence-electron chi connectivity index (χ4n) is 2.91. The number of hydrogen-bond donors (Lipinski definition) is 1. The van der Waals surface area contributed by atoms with Crippen LogP contribution in [0.25, 0.3) is 11.0 Å². The molecule has 1 N–H and O–H groups in total. The Hall–Kier alpha value is -2.14. The predicted molar refractivity (Wildman–Crippen MR) is 92.9 cm³/mol. The number of aromatic nitrogens is 4. The molecule has 0 atom stereocenters. The van der Waals surface area contributed by atoms with Crippen LogP contribution in [0.1, 0.15) is 32.2 Å². The van der Waals surface area contributed by atoms with E-state index in [1.807, 2.05) is 29.1 Å². The Morgan fingerprint density at radius 3 is 2.74 bits per heavy atom. The molecule has 5 heteroatoms. The minimum atomic E-state index is 0.612. The van der Waals surface area contributed by atoms with E-state index in [1.54, 1.807) is 0 Å². The number of imidazole rings is 1. The van der Waals surface area contributed by atoms with Gasteiger partial charge in [0.1, 0.15) is 5.82 Å². The van der Waals surface area contributed by atoms with Gasteiger partial charge in [-0.05, 0) is 25.0 Å². The molecule has 0 unspecified atom stereocenters. The van der Waals surface area contributed by atoms with Crippen molar-refractivity contribution in [2.24, 2.45) is 5.92 Å². The molecule has 1 aromatic carbocycles. The summed E-state index contributed by atoms with van der Waals surface area (Å²) in [5.41, 5.74) is 3.39. The van der Waals surface area contributed by atoms with E-state index < -0.39 is 0 Å². The Labute approximate surface area is 137 Å². The van der Waals surface area contributed by atoms with Gasteiger partial charge in [0.05, 0.1) is 23.8 Å². The molecule has 0 fully saturated rings. The first kappa shape index (κ1) is 15.7. The summed E-state index contributed by atoms with van der Waals surface area (Å²) in [4.78, 5) is 10.6. The van der Waals surface area contributed by atoms with Crippen molar-refractivity contribution in [1.29, 1.82) is 0 Å². The van der Waals surface area contributed by atoms with Gasteiger partial charge in [-0.3, -0.25) is 9.58 Å². The highest BCUT2D eigenvalue weighted by Gasteiger charge is 2.13. The zero-order valence-corrected chi connectivity index (χ0v) is 14.2. The second kappa shape index (κ2) is 6.96. The second-order valence-electron chi connectivity index (χ2n) is 6.47. The molecule has 0 radical (unpaired) electrons. The van der Waals surface area contributed by atoms with Crippen LogP contribution >= 0.6 is 0 Å². The zero-order valence-electron chi connectivity index (χ0n) is 14.2. The lowest BCUT2D eigenvalue weighted by Gasteiger charge is -2.22. The van der Waals surface area contributed by atoms with Crippen LogP contribution in [0.3, 0.4) is 0 Å². The number of aromatic amines is 1. The minimum absolute atomic E-state index is 0.612. The first-order chi connectivity index (χ1) is 11.1. The van der Waals surface area contributed by atoms with Crippen LogP contribution in [0.15, 0.2) is 36.7 Å². The highest BCUT2D eigenvalue weighted by Crippen LogP contribution is 2.14. The quantitative estimate of drug-likeness (QED) is 0.727. The van der Waals surface area contributed by atoms with Crippen LogP contribution in [0.5, 0.6) is 0 Å². The largest absolute Gasteiger partial charge is 0.341 e. The monoisotopic (exact) mass is 311 g/mol. The molecule has 23 heavy (non-hydrogen) atoms. The maximum absolute atomic E-state index is 4.70. The molecule has 0 amide bonds. The average Bonchev–Trinajstić information content (AvgIpc) is 3.12. The van der Waals surface area contributed by atoms with Crippen molar-refractivity contribution in [1.82, 2.24) is 24.6 Å². The lowest BCUT2D eigenvalue weighted by atomic mass is 10.2. The molecule has 0 bridgehead atoms. The number of nitrogens with zero attached hydrogens (tertiary/aromatic N) is 4. The molecule has 0 saturated carbocycles. The van der Waals surface area contributed by atoms with Crippen LogP contribution in [-0.2, 0) is 19.6 Å². The van der Waals surface area contributed by atoms with Gasteiger partial charge in [-0.2, -0.15) is 5.10 Å². The summed E-state index contributed by atoms with van der Waals surface area (Å²) in [5.74, 6) is 1.63. The highest BCUT2D eigenvalue weighted by atomic mass is 15.3. The smallest absolute Gasteiger partial charge is 0.121 e. The van der Waals surface area contributed by atoms with Crippen molar-refractivity contribution in [2.75, 3.05) is 6.54 Å². The SMILES string of the molecule is CCn1cc(CN(Cc2nc3ccccc3[nH]2)CC(C)C)cn1. The summed E-state index contributed by atoms with van der Waals surface area (Å²) < 4.78 is 1.98. The summed E-state index contributed by atoms with van der Waals surface area (Å²) in [5, 5.41) is 4.38. The number of aryl methyl sites for hydroxylation is 1. The Kier molecular flexibility index (Phi) is 4.76. The van der Waals surface area contributed by atoms with Crippen LogP contribution in [0, 0.1) is 5.92 Å². The summed E-state index contributed by atoms with van der Waals surface area (Å²) in [6.07, 6.45) is 4.10. The number of hydrogen-bond acceptors (Lipinski definition) is 3. The van der Waals surface area contributed by atoms with Crippen LogP contribution in [0.2, 0.25) is 0 Å². The molecule has 0 aliphatic rings. The van der Waals surface area contributed by atoms with E-state index in [-0.39, 0.29) is 0 Å². The molecule has 0 spiro atoms. The van der Waals surface area contributed by atoms with Crippen molar-refractivity contribution >= 4 is 11.0 Å². The van der Waals surface area contributed by atoms with Crippen LogP contribution < -0.4 is 0 Å². The zero-order chi connectivity index (χ0) is 16.2. The standard InChI is InChI=1S/C18H25N5/c1-4-23-12-15(9-19-23)11-22(10-14(2)3)13-18-20-16-7-5-6-8-17(16)21-18/h5-9,12,14H,4,10-11,13H2,1-3H3,(H,20,21). The Bertz CT molecular complexity index is 722. The third kappa shape index (κ3) is 3.99. The molecular weight excluding hydrogens is 286 g/mol. The third-order valence-electron chi connectivity index (χ3n) is 3.85. The molecule has 2 aromatic heterocycles. The van der Waals surface area contributed by atoms with Gasteiger partial charge in [0.15, 0.2) is 0 Å². The van der Waals surface area contributed by atoms with E-state index in [9.17, 15) is 0 Å². The van der Waals surface area contributed by atoms with Gasteiger partial charge in [-0.25, -0.2) is 4.98 Å². The van der Waals surface area contributed by atoms with Gasteiger partial charge < -0.3 is 4.98 Å². The highest BCUT2D eigenvalue weighted by molar-refractivity contribution is 5.74. The van der Waals surface area contributed by atoms with E-state index in [0.717, 1.165) is 43.0 Å². The normalized spacial score (nSPS) is 11.9. The number of para-hydroxylation sites is 2. The van der Waals surface area contributed by atoms with E-state index in [1.165, 1.54) is 5.56 Å². The number of rotatable bonds is 7. The number of fused-ring (bicyclic) bond motifs is 1. The van der Waals surface area contributed by atoms with Gasteiger partial charge in [-0.1, -0.05) is 26.0 Å². The Morgan fingerprint density at radius 2 is 2.04 bits per heavy atom. The molecule has 122 valence electrons. The van der Waals surface area contributed by atoms with Crippen LogP contribution in [-0.4, -0.2) is 31.2 Å². The first-order valence-corrected chi connectivity index (χ1v) is 8.31. The van der Waals surface area contributed by atoms with E-state index >= 15 is 0 Å². The average molecular weight is 311 g/mol. The summed E-state index contributed by atoms with van der Waals surface area (Å²) >= 11 is 0. The van der Waals surface area contributed by atoms with Crippen molar-refractivity contribution < 1.29 is 0 Å². The Morgan fingerprint density at radius 1 is 1.22 bits per heavy atom. The van der Waals surface area contributed by atoms with Crippen molar-refractivity contribution in [3.8, 4) is 0 Å². The van der Waals surface area contributed by atoms with E-state index in [0.29, 0.717) is 5.92 Å². The molecule has 0 aliphatic carbocycles. The summed E-state index contributed by atoms with van der Waals surface area (Å²) in [6, 6.07) is 8.19. The first-order valence-electron chi connectivity index (χ1n) is 8.31. The van der Waals surface area contributed by atoms with Gasteiger partial charge in [-0.15, -0.1) is 0 Å². The maximum atomic E-state index is 4.70. The predicted octanol–water partition coefficient (Wildman–Crippen LogP) is 3.44. The number of H-pyrrole nitrogens is 1. The maximum Gasteiger partial charge on any atom is 0.121 e. The lowest BCUT2D eigenvalue weighted by molar-refractivity contribution is 0.223. The third-order valence-corrected chi connectivity index (χ3v) is 3.85. The van der Waals surface area contributed by atoms with E-state index in [4.69, 9.17) is 4.98 Å². The van der Waals surface area contributed by atoms with Crippen molar-refractivity contribution in [3.63, 3.8) is 0 Å². The molecule has 5 nitrogen and oxygen atoms in total. The lowest BCUT2D eigenvalue weighted by Crippen LogP contribution is -2.27. The molecule has 2 heterocycles. The van der Waals surface area contributed by atoms with Gasteiger partial charge in [0.2, 0.25) is 0 Å². The molecular formula is C18H25N5. The fraction of sp³-hybridized carbons (Fsp3) is 0.444. The van der Waals surface area contributed by atoms with Crippen LogP contribution in [0.4, 0.5) is 0 Å². The number of benzene rings is 1. The van der Waals surface area contributed by atoms with Gasteiger partial charge >= 0.3 is 0 Å². The second-order valence-corrected chi connectivity index (χ2v) is 6.47. The molecule has 0 aliphatic heterocycles. The topological polar surface area (TPSA) is 49.7 Å². The fourth-order valence-corrected chi connectivity index (χ4v) is 2.91. The Balaban J connectivity index is 1.75. The van der Waals surface area contributed by atoms with Gasteiger partial charge in [0, 0.05) is 31.4 Å². The molecule has 0 saturated heterocycles. The molecule has 3 aromatic rings. The van der Waals surface area contributed by atoms with E-state index in [2.05, 4.69) is 48.0 Å². The molecule has 3 rings (SSSR count). The van der Waals surface area contributed by atoms with Gasteiger partial charge in [0.25, 0.3) is 0 Å². The summed E-state index contributed by atoms with van der Waals surface area (Å²) in [7, 11) is 0.